The summed E-state index contributed by atoms with van der Waals surface area (Å²) in [7, 11) is 0. The van der Waals surface area contributed by atoms with E-state index >= 15 is 0 Å². The summed E-state index contributed by atoms with van der Waals surface area (Å²) in [6.45, 7) is 6.23. The Morgan fingerprint density at radius 1 is 1.55 bits per heavy atom. The Balaban J connectivity index is 2.33. The van der Waals surface area contributed by atoms with E-state index in [0.29, 0.717) is 11.8 Å². The summed E-state index contributed by atoms with van der Waals surface area (Å²) in [5.74, 6) is 1.17. The quantitative estimate of drug-likeness (QED) is 0.640. The fourth-order valence-electron chi connectivity index (χ4n) is 1.94. The minimum Gasteiger partial charge on any atom is -0.391 e. The zero-order valence-corrected chi connectivity index (χ0v) is 7.51. The first-order valence-electron chi connectivity index (χ1n) is 4.64. The van der Waals surface area contributed by atoms with Gasteiger partial charge in [-0.1, -0.05) is 26.7 Å². The van der Waals surface area contributed by atoms with Crippen LogP contribution in [0.1, 0.15) is 26.7 Å². The number of hydrogen-bond acceptors (Lipinski definition) is 2. The van der Waals surface area contributed by atoms with Gasteiger partial charge in [0.25, 0.3) is 0 Å². The molecule has 0 bridgehead atoms. The molecular formula is C9H19NO. The van der Waals surface area contributed by atoms with E-state index in [4.69, 9.17) is 0 Å². The summed E-state index contributed by atoms with van der Waals surface area (Å²) < 4.78 is 0. The van der Waals surface area contributed by atoms with Crippen molar-refractivity contribution in [2.24, 2.45) is 11.8 Å². The summed E-state index contributed by atoms with van der Waals surface area (Å²) in [5, 5.41) is 12.7. The third-order valence-electron chi connectivity index (χ3n) is 2.70. The summed E-state index contributed by atoms with van der Waals surface area (Å²) in [4.78, 5) is 0. The molecule has 0 saturated carbocycles. The van der Waals surface area contributed by atoms with Crippen LogP contribution in [0.25, 0.3) is 0 Å². The number of nitrogens with one attached hydrogen (secondary N) is 1. The van der Waals surface area contributed by atoms with Crippen LogP contribution in [-0.2, 0) is 0 Å². The monoisotopic (exact) mass is 157 g/mol. The normalized spacial score (nSPS) is 34.1. The van der Waals surface area contributed by atoms with E-state index in [2.05, 4.69) is 19.2 Å². The molecule has 1 heterocycles. The first-order chi connectivity index (χ1) is 5.25. The van der Waals surface area contributed by atoms with E-state index in [9.17, 15) is 5.11 Å². The maximum atomic E-state index is 9.52. The standard InChI is InChI=1S/C9H19NO/c1-3-4-7(2)8-5-10-6-9(8)11/h7-11H,3-6H2,1-2H3. The van der Waals surface area contributed by atoms with Crippen LogP contribution in [0.2, 0.25) is 0 Å². The summed E-state index contributed by atoms with van der Waals surface area (Å²) in [6.07, 6.45) is 2.37. The van der Waals surface area contributed by atoms with E-state index in [1.165, 1.54) is 12.8 Å². The van der Waals surface area contributed by atoms with Gasteiger partial charge in [-0.15, -0.1) is 0 Å². The molecule has 2 nitrogen and oxygen atoms in total. The lowest BCUT2D eigenvalue weighted by molar-refractivity contribution is 0.115. The van der Waals surface area contributed by atoms with E-state index in [-0.39, 0.29) is 6.10 Å². The van der Waals surface area contributed by atoms with Gasteiger partial charge in [-0.05, 0) is 5.92 Å². The molecule has 0 aromatic rings. The van der Waals surface area contributed by atoms with Crippen molar-refractivity contribution < 1.29 is 5.11 Å². The number of rotatable bonds is 3. The molecule has 0 aromatic heterocycles. The van der Waals surface area contributed by atoms with Gasteiger partial charge in [-0.25, -0.2) is 0 Å². The Morgan fingerprint density at radius 2 is 2.27 bits per heavy atom. The molecular weight excluding hydrogens is 138 g/mol. The molecule has 2 N–H and O–H groups in total. The predicted octanol–water partition coefficient (Wildman–Crippen LogP) is 1.00. The minimum absolute atomic E-state index is 0.100. The average molecular weight is 157 g/mol. The Bertz CT molecular complexity index is 116. The van der Waals surface area contributed by atoms with Crippen molar-refractivity contribution in [3.63, 3.8) is 0 Å². The summed E-state index contributed by atoms with van der Waals surface area (Å²) in [6, 6.07) is 0. The first kappa shape index (κ1) is 9.01. The van der Waals surface area contributed by atoms with Gasteiger partial charge in [0, 0.05) is 19.0 Å². The van der Waals surface area contributed by atoms with Crippen LogP contribution in [0.5, 0.6) is 0 Å². The van der Waals surface area contributed by atoms with Crippen LogP contribution in [-0.4, -0.2) is 24.3 Å². The van der Waals surface area contributed by atoms with Gasteiger partial charge in [0.1, 0.15) is 0 Å². The molecule has 0 aromatic carbocycles. The number of β-amino-alcohol motifs (C(OH)–C–C–N with tert-alkyl or cyclic N) is 1. The van der Waals surface area contributed by atoms with Gasteiger partial charge in [-0.3, -0.25) is 0 Å². The van der Waals surface area contributed by atoms with E-state index in [0.717, 1.165) is 13.1 Å². The highest BCUT2D eigenvalue weighted by Gasteiger charge is 2.28. The Labute approximate surface area is 69.0 Å². The molecule has 1 aliphatic rings. The maximum Gasteiger partial charge on any atom is 0.0707 e. The molecule has 3 unspecified atom stereocenters. The lowest BCUT2D eigenvalue weighted by Gasteiger charge is -2.20. The van der Waals surface area contributed by atoms with Gasteiger partial charge in [-0.2, -0.15) is 0 Å². The minimum atomic E-state index is -0.100. The summed E-state index contributed by atoms with van der Waals surface area (Å²) >= 11 is 0. The van der Waals surface area contributed by atoms with Crippen molar-refractivity contribution in [3.8, 4) is 0 Å². The zero-order chi connectivity index (χ0) is 8.27. The fourth-order valence-corrected chi connectivity index (χ4v) is 1.94. The van der Waals surface area contributed by atoms with Crippen LogP contribution >= 0.6 is 0 Å². The number of aliphatic hydroxyl groups excluding tert-OH is 1. The highest BCUT2D eigenvalue weighted by Crippen LogP contribution is 2.22. The number of aliphatic hydroxyl groups is 1. The predicted molar refractivity (Wildman–Crippen MR) is 46.4 cm³/mol. The first-order valence-corrected chi connectivity index (χ1v) is 4.64. The van der Waals surface area contributed by atoms with Crippen LogP contribution in [0.4, 0.5) is 0 Å². The van der Waals surface area contributed by atoms with Crippen LogP contribution in [0, 0.1) is 11.8 Å². The van der Waals surface area contributed by atoms with Gasteiger partial charge in [0.15, 0.2) is 0 Å². The summed E-state index contributed by atoms with van der Waals surface area (Å²) in [5.41, 5.74) is 0. The average Bonchev–Trinajstić information content (AvgIpc) is 2.36. The largest absolute Gasteiger partial charge is 0.391 e. The highest BCUT2D eigenvalue weighted by atomic mass is 16.3. The molecule has 2 heteroatoms. The topological polar surface area (TPSA) is 32.3 Å². The SMILES string of the molecule is CCCC(C)C1CNCC1O. The van der Waals surface area contributed by atoms with Gasteiger partial charge >= 0.3 is 0 Å². The van der Waals surface area contributed by atoms with Gasteiger partial charge < -0.3 is 10.4 Å². The van der Waals surface area contributed by atoms with Crippen molar-refractivity contribution in [2.75, 3.05) is 13.1 Å². The van der Waals surface area contributed by atoms with Crippen LogP contribution in [0.15, 0.2) is 0 Å². The molecule has 0 aliphatic carbocycles. The van der Waals surface area contributed by atoms with Crippen molar-refractivity contribution in [1.29, 1.82) is 0 Å². The fraction of sp³-hybridized carbons (Fsp3) is 1.00. The lowest BCUT2D eigenvalue weighted by Crippen LogP contribution is -2.24. The molecule has 11 heavy (non-hydrogen) atoms. The van der Waals surface area contributed by atoms with Crippen LogP contribution in [0.3, 0.4) is 0 Å². The molecule has 3 atom stereocenters. The van der Waals surface area contributed by atoms with E-state index < -0.39 is 0 Å². The second-order valence-corrected chi connectivity index (χ2v) is 3.66. The third-order valence-corrected chi connectivity index (χ3v) is 2.70. The Hall–Kier alpha value is -0.0800. The molecule has 0 radical (unpaired) electrons. The molecule has 1 rings (SSSR count). The van der Waals surface area contributed by atoms with Gasteiger partial charge in [0.2, 0.25) is 0 Å². The van der Waals surface area contributed by atoms with Crippen LogP contribution < -0.4 is 5.32 Å². The van der Waals surface area contributed by atoms with Crippen molar-refractivity contribution >= 4 is 0 Å². The Morgan fingerprint density at radius 3 is 2.73 bits per heavy atom. The smallest absolute Gasteiger partial charge is 0.0707 e. The van der Waals surface area contributed by atoms with E-state index in [1.54, 1.807) is 0 Å². The second kappa shape index (κ2) is 4.07. The maximum absolute atomic E-state index is 9.52. The van der Waals surface area contributed by atoms with Crippen molar-refractivity contribution in [1.82, 2.24) is 5.32 Å². The molecule has 0 spiro atoms. The lowest BCUT2D eigenvalue weighted by atomic mass is 9.88. The molecule has 1 fully saturated rings. The third kappa shape index (κ3) is 2.17. The molecule has 66 valence electrons. The number of hydrogen-bond donors (Lipinski definition) is 2. The molecule has 0 amide bonds. The van der Waals surface area contributed by atoms with Gasteiger partial charge in [0.05, 0.1) is 6.10 Å². The molecule has 1 aliphatic heterocycles. The molecule has 1 saturated heterocycles. The zero-order valence-electron chi connectivity index (χ0n) is 7.51. The van der Waals surface area contributed by atoms with Crippen molar-refractivity contribution in [2.45, 2.75) is 32.8 Å². The second-order valence-electron chi connectivity index (χ2n) is 3.66. The Kier molecular flexibility index (Phi) is 3.34. The van der Waals surface area contributed by atoms with E-state index in [1.807, 2.05) is 0 Å². The highest BCUT2D eigenvalue weighted by molar-refractivity contribution is 4.83. The van der Waals surface area contributed by atoms with Crippen molar-refractivity contribution in [3.05, 3.63) is 0 Å².